The average molecular weight is 681 g/mol. The fourth-order valence-corrected chi connectivity index (χ4v) is 5.85. The molecule has 250 valence electrons. The van der Waals surface area contributed by atoms with Crippen LogP contribution in [0.25, 0.3) is 10.8 Å². The second-order valence-electron chi connectivity index (χ2n) is 11.4. The maximum absolute atomic E-state index is 13.9. The number of benzene rings is 2. The van der Waals surface area contributed by atoms with Crippen LogP contribution < -0.4 is 10.6 Å². The number of nitrogens with one attached hydrogen (secondary N) is 2. The smallest absolute Gasteiger partial charge is 0.447 e. The molecule has 0 radical (unpaired) electrons. The molecule has 1 aromatic heterocycles. The SMILES string of the molecule is C=C(C)OP(=O)(OC[C@H](O)C[C@@H](COC(=O)Nc1cc2ccccc2cn1)N(C)C(=O)NCc1cccc(F)c1Cl)OC(C)(C)C. The van der Waals surface area contributed by atoms with Crippen LogP contribution in [0.1, 0.15) is 39.7 Å². The average Bonchev–Trinajstić information content (AvgIpc) is 2.97. The third-order valence-electron chi connectivity index (χ3n) is 6.22. The summed E-state index contributed by atoms with van der Waals surface area (Å²) in [4.78, 5) is 31.2. The summed E-state index contributed by atoms with van der Waals surface area (Å²) >= 11 is 6.01. The monoisotopic (exact) mass is 680 g/mol. The highest BCUT2D eigenvalue weighted by molar-refractivity contribution is 7.48. The number of phosphoric ester groups is 1. The lowest BCUT2D eigenvalue weighted by Crippen LogP contribution is -2.47. The number of carbonyl (C=O) groups excluding carboxylic acids is 2. The Balaban J connectivity index is 1.70. The van der Waals surface area contributed by atoms with Crippen LogP contribution in [0.3, 0.4) is 0 Å². The number of aromatic nitrogens is 1. The van der Waals surface area contributed by atoms with Gasteiger partial charge in [-0.15, -0.1) is 0 Å². The number of anilines is 1. The number of allylic oxidation sites excluding steroid dienone is 1. The summed E-state index contributed by atoms with van der Waals surface area (Å²) in [6, 6.07) is 11.8. The van der Waals surface area contributed by atoms with Crippen LogP contribution in [-0.2, 0) is 29.4 Å². The summed E-state index contributed by atoms with van der Waals surface area (Å²) in [5.74, 6) is -0.305. The summed E-state index contributed by atoms with van der Waals surface area (Å²) < 4.78 is 48.5. The van der Waals surface area contributed by atoms with Gasteiger partial charge in [0, 0.05) is 25.2 Å². The highest BCUT2D eigenvalue weighted by atomic mass is 35.5. The Morgan fingerprint density at radius 1 is 1.15 bits per heavy atom. The lowest BCUT2D eigenvalue weighted by atomic mass is 10.1. The molecular formula is C31H39ClFN4O8P. The van der Waals surface area contributed by atoms with Gasteiger partial charge < -0.3 is 24.6 Å². The Morgan fingerprint density at radius 3 is 2.52 bits per heavy atom. The van der Waals surface area contributed by atoms with Crippen LogP contribution in [0.2, 0.25) is 5.02 Å². The second kappa shape index (κ2) is 16.2. The zero-order chi connectivity index (χ0) is 34.1. The minimum Gasteiger partial charge on any atom is -0.447 e. The van der Waals surface area contributed by atoms with Crippen LogP contribution in [0.4, 0.5) is 19.8 Å². The van der Waals surface area contributed by atoms with Crippen molar-refractivity contribution in [1.82, 2.24) is 15.2 Å². The number of urea groups is 1. The van der Waals surface area contributed by atoms with E-state index in [1.165, 1.54) is 31.0 Å². The van der Waals surface area contributed by atoms with E-state index >= 15 is 0 Å². The largest absolute Gasteiger partial charge is 0.530 e. The van der Waals surface area contributed by atoms with Crippen molar-refractivity contribution in [3.05, 3.63) is 83.5 Å². The minimum absolute atomic E-state index is 0.0788. The third-order valence-corrected chi connectivity index (χ3v) is 8.42. The number of rotatable bonds is 14. The van der Waals surface area contributed by atoms with Crippen molar-refractivity contribution in [1.29, 1.82) is 0 Å². The van der Waals surface area contributed by atoms with Crippen molar-refractivity contribution in [3.63, 3.8) is 0 Å². The maximum Gasteiger partial charge on any atom is 0.530 e. The molecule has 0 saturated carbocycles. The van der Waals surface area contributed by atoms with Gasteiger partial charge in [-0.3, -0.25) is 14.4 Å². The maximum atomic E-state index is 13.9. The molecule has 1 heterocycles. The molecule has 0 saturated heterocycles. The van der Waals surface area contributed by atoms with Gasteiger partial charge in [0.2, 0.25) is 0 Å². The fourth-order valence-electron chi connectivity index (χ4n) is 4.11. The third kappa shape index (κ3) is 11.6. The minimum atomic E-state index is -4.18. The van der Waals surface area contributed by atoms with Crippen molar-refractivity contribution in [2.45, 2.75) is 58.4 Å². The Labute approximate surface area is 272 Å². The van der Waals surface area contributed by atoms with Crippen molar-refractivity contribution in [3.8, 4) is 0 Å². The fraction of sp³-hybridized carbons (Fsp3) is 0.387. The molecule has 2 aromatic carbocycles. The van der Waals surface area contributed by atoms with Crippen LogP contribution in [0.15, 0.2) is 67.1 Å². The van der Waals surface area contributed by atoms with E-state index in [4.69, 9.17) is 29.9 Å². The first-order valence-electron chi connectivity index (χ1n) is 14.3. The molecule has 15 heteroatoms. The molecule has 0 spiro atoms. The Bertz CT molecular complexity index is 1590. The van der Waals surface area contributed by atoms with E-state index in [0.29, 0.717) is 5.56 Å². The zero-order valence-electron chi connectivity index (χ0n) is 26.3. The highest BCUT2D eigenvalue weighted by Gasteiger charge is 2.35. The van der Waals surface area contributed by atoms with Gasteiger partial charge in [-0.2, -0.15) is 0 Å². The molecule has 3 amide bonds. The van der Waals surface area contributed by atoms with Crippen LogP contribution >= 0.6 is 19.4 Å². The van der Waals surface area contributed by atoms with Gasteiger partial charge >= 0.3 is 19.9 Å². The van der Waals surface area contributed by atoms with Crippen molar-refractivity contribution in [2.75, 3.05) is 25.6 Å². The number of carbonyl (C=O) groups is 2. The molecule has 46 heavy (non-hydrogen) atoms. The van der Waals surface area contributed by atoms with Gasteiger partial charge in [0.1, 0.15) is 18.2 Å². The number of hydrogen-bond acceptors (Lipinski definition) is 9. The standard InChI is InChI=1S/C31H39ClFN4O8P/c1-20(2)44-46(41,45-31(3,4)5)43-19-25(38)15-24(37(6)29(39)35-17-23-12-9-13-26(33)28(23)32)18-42-30(40)36-27-14-21-10-7-8-11-22(21)16-34-27/h7-14,16,24-25,38H,1,15,17-19H2,2-6H3,(H,35,39)(H,34,36,40)/t24-,25+,46?/m0/s1. The summed E-state index contributed by atoms with van der Waals surface area (Å²) in [5, 5.41) is 17.6. The summed E-state index contributed by atoms with van der Waals surface area (Å²) in [6.45, 7) is 9.01. The summed E-state index contributed by atoms with van der Waals surface area (Å²) in [7, 11) is -2.75. The number of phosphoric acid groups is 1. The topological polar surface area (TPSA) is 149 Å². The first kappa shape index (κ1) is 36.7. The number of likely N-dealkylation sites (N-methyl/N-ethyl adjacent to an activating group) is 1. The quantitative estimate of drug-likeness (QED) is 0.121. The second-order valence-corrected chi connectivity index (χ2v) is 13.3. The van der Waals surface area contributed by atoms with Crippen LogP contribution in [0.5, 0.6) is 0 Å². The number of hydrogen-bond donors (Lipinski definition) is 3. The molecule has 3 N–H and O–H groups in total. The Kier molecular flexibility index (Phi) is 12.9. The number of nitrogens with zero attached hydrogens (tertiary/aromatic N) is 2. The van der Waals surface area contributed by atoms with Gasteiger partial charge in [-0.1, -0.05) is 54.6 Å². The molecule has 12 nitrogen and oxygen atoms in total. The molecular weight excluding hydrogens is 642 g/mol. The van der Waals surface area contributed by atoms with Crippen molar-refractivity contribution < 1.29 is 42.0 Å². The number of aliphatic hydroxyl groups is 1. The molecule has 3 atom stereocenters. The van der Waals surface area contributed by atoms with Crippen molar-refractivity contribution >= 4 is 48.1 Å². The molecule has 0 aliphatic rings. The van der Waals surface area contributed by atoms with Gasteiger partial charge in [0.25, 0.3) is 0 Å². The number of amides is 3. The summed E-state index contributed by atoms with van der Waals surface area (Å²) in [5.41, 5.74) is -0.568. The lowest BCUT2D eigenvalue weighted by Gasteiger charge is -2.30. The molecule has 0 aliphatic heterocycles. The number of aliphatic hydroxyl groups excluding tert-OH is 1. The predicted octanol–water partition coefficient (Wildman–Crippen LogP) is 7.03. The number of halogens is 2. The first-order chi connectivity index (χ1) is 21.5. The van der Waals surface area contributed by atoms with E-state index in [9.17, 15) is 23.7 Å². The van der Waals surface area contributed by atoms with Crippen LogP contribution in [0, 0.1) is 5.82 Å². The number of ether oxygens (including phenoxy) is 1. The van der Waals surface area contributed by atoms with E-state index in [1.54, 1.807) is 39.1 Å². The predicted molar refractivity (Wildman–Crippen MR) is 173 cm³/mol. The van der Waals surface area contributed by atoms with E-state index in [-0.39, 0.29) is 36.2 Å². The van der Waals surface area contributed by atoms with Crippen LogP contribution in [-0.4, -0.2) is 65.1 Å². The Morgan fingerprint density at radius 2 is 1.85 bits per heavy atom. The molecule has 0 bridgehead atoms. The normalized spacial score (nSPS) is 14.1. The molecule has 0 fully saturated rings. The summed E-state index contributed by atoms with van der Waals surface area (Å²) in [6.07, 6.45) is -0.754. The van der Waals surface area contributed by atoms with E-state index in [1.807, 2.05) is 24.3 Å². The number of pyridine rings is 1. The molecule has 3 rings (SSSR count). The lowest BCUT2D eigenvalue weighted by molar-refractivity contribution is 0.0173. The Hall–Kier alpha value is -3.74. The van der Waals surface area contributed by atoms with E-state index < -0.39 is 50.1 Å². The number of fused-ring (bicyclic) bond motifs is 1. The van der Waals surface area contributed by atoms with Gasteiger partial charge in [0.05, 0.1) is 35.1 Å². The van der Waals surface area contributed by atoms with Gasteiger partial charge in [-0.25, -0.2) is 23.5 Å². The van der Waals surface area contributed by atoms with Gasteiger partial charge in [0.15, 0.2) is 0 Å². The van der Waals surface area contributed by atoms with E-state index in [0.717, 1.165) is 10.8 Å². The first-order valence-corrected chi connectivity index (χ1v) is 16.1. The van der Waals surface area contributed by atoms with Crippen molar-refractivity contribution in [2.24, 2.45) is 0 Å². The zero-order valence-corrected chi connectivity index (χ0v) is 27.9. The van der Waals surface area contributed by atoms with Gasteiger partial charge in [-0.05, 0) is 57.2 Å². The molecule has 3 aromatic rings. The molecule has 1 unspecified atom stereocenters. The highest BCUT2D eigenvalue weighted by Crippen LogP contribution is 2.54. The van der Waals surface area contributed by atoms with E-state index in [2.05, 4.69) is 22.2 Å². The molecule has 0 aliphatic carbocycles.